The van der Waals surface area contributed by atoms with Crippen LogP contribution in [0.5, 0.6) is 5.75 Å². The Bertz CT molecular complexity index is 516. The molecule has 0 radical (unpaired) electrons. The zero-order valence-electron chi connectivity index (χ0n) is 12.8. The number of anilines is 1. The van der Waals surface area contributed by atoms with E-state index in [0.717, 1.165) is 25.9 Å². The van der Waals surface area contributed by atoms with Gasteiger partial charge in [0.25, 0.3) is 0 Å². The Morgan fingerprint density at radius 3 is 2.68 bits per heavy atom. The summed E-state index contributed by atoms with van der Waals surface area (Å²) in [7, 11) is 0. The van der Waals surface area contributed by atoms with Crippen molar-refractivity contribution < 1.29 is 14.3 Å². The van der Waals surface area contributed by atoms with E-state index in [1.807, 2.05) is 36.1 Å². The minimum atomic E-state index is -0.119. The van der Waals surface area contributed by atoms with Crippen LogP contribution < -0.4 is 10.1 Å². The van der Waals surface area contributed by atoms with Crippen LogP contribution >= 0.6 is 11.8 Å². The van der Waals surface area contributed by atoms with Crippen LogP contribution in [0.3, 0.4) is 0 Å². The van der Waals surface area contributed by atoms with Gasteiger partial charge in [0.05, 0.1) is 23.8 Å². The van der Waals surface area contributed by atoms with Gasteiger partial charge in [-0.25, -0.2) is 0 Å². The minimum Gasteiger partial charge on any atom is -0.492 e. The number of carbonyl (C=O) groups excluding carboxylic acids is 2. The van der Waals surface area contributed by atoms with Crippen molar-refractivity contribution in [1.82, 2.24) is 4.90 Å². The lowest BCUT2D eigenvalue weighted by Gasteiger charge is -2.14. The van der Waals surface area contributed by atoms with Crippen molar-refractivity contribution in [3.63, 3.8) is 0 Å². The number of likely N-dealkylation sites (tertiary alicyclic amines) is 1. The summed E-state index contributed by atoms with van der Waals surface area (Å²) in [5, 5.41) is 2.83. The van der Waals surface area contributed by atoms with Gasteiger partial charge < -0.3 is 15.0 Å². The Hall–Kier alpha value is -1.69. The lowest BCUT2D eigenvalue weighted by Crippen LogP contribution is -2.29. The first-order chi connectivity index (χ1) is 10.7. The van der Waals surface area contributed by atoms with E-state index in [1.54, 1.807) is 0 Å². The molecule has 0 unspecified atom stereocenters. The summed E-state index contributed by atoms with van der Waals surface area (Å²) in [6.07, 6.45) is 2.18. The van der Waals surface area contributed by atoms with Crippen LogP contribution in [0.25, 0.3) is 0 Å². The maximum atomic E-state index is 12.0. The van der Waals surface area contributed by atoms with E-state index in [9.17, 15) is 9.59 Å². The zero-order valence-corrected chi connectivity index (χ0v) is 13.7. The monoisotopic (exact) mass is 322 g/mol. The first kappa shape index (κ1) is 16.7. The zero-order chi connectivity index (χ0) is 15.8. The average molecular weight is 322 g/mol. The fourth-order valence-corrected chi connectivity index (χ4v) is 3.04. The lowest BCUT2D eigenvalue weighted by atomic mass is 10.3. The summed E-state index contributed by atoms with van der Waals surface area (Å²) in [5.41, 5.74) is 0.667. The van der Waals surface area contributed by atoms with Gasteiger partial charge in [0.2, 0.25) is 11.8 Å². The van der Waals surface area contributed by atoms with Gasteiger partial charge in [-0.15, -0.1) is 11.8 Å². The third-order valence-electron chi connectivity index (χ3n) is 3.38. The first-order valence-corrected chi connectivity index (χ1v) is 8.73. The second kappa shape index (κ2) is 8.68. The van der Waals surface area contributed by atoms with Crippen molar-refractivity contribution in [1.29, 1.82) is 0 Å². The van der Waals surface area contributed by atoms with Crippen LogP contribution in [0.4, 0.5) is 5.69 Å². The Morgan fingerprint density at radius 2 is 1.95 bits per heavy atom. The number of carbonyl (C=O) groups is 2. The second-order valence-corrected chi connectivity index (χ2v) is 6.04. The lowest BCUT2D eigenvalue weighted by molar-refractivity contribution is -0.127. The summed E-state index contributed by atoms with van der Waals surface area (Å²) in [5.74, 6) is 1.30. The van der Waals surface area contributed by atoms with Crippen LogP contribution in [0.1, 0.15) is 19.8 Å². The van der Waals surface area contributed by atoms with Crippen LogP contribution in [-0.4, -0.2) is 47.9 Å². The standard InChI is InChI=1S/C16H22N2O3S/c1-2-21-14-8-4-3-7-13(14)17-15(19)11-22-12-16(20)18-9-5-6-10-18/h3-4,7-8H,2,5-6,9-12H2,1H3,(H,17,19). The van der Waals surface area contributed by atoms with E-state index < -0.39 is 0 Å². The molecule has 1 heterocycles. The Labute approximate surface area is 135 Å². The van der Waals surface area contributed by atoms with Gasteiger partial charge in [-0.05, 0) is 31.9 Å². The smallest absolute Gasteiger partial charge is 0.234 e. The predicted octanol–water partition coefficient (Wildman–Crippen LogP) is 2.38. The molecule has 5 nitrogen and oxygen atoms in total. The fraction of sp³-hybridized carbons (Fsp3) is 0.500. The molecule has 1 fully saturated rings. The van der Waals surface area contributed by atoms with Gasteiger partial charge in [-0.3, -0.25) is 9.59 Å². The summed E-state index contributed by atoms with van der Waals surface area (Å²) in [4.78, 5) is 25.7. The number of rotatable bonds is 7. The molecule has 1 N–H and O–H groups in total. The molecule has 1 aliphatic rings. The van der Waals surface area contributed by atoms with Crippen molar-refractivity contribution in [2.75, 3.05) is 36.5 Å². The number of amides is 2. The third kappa shape index (κ3) is 4.94. The van der Waals surface area contributed by atoms with E-state index in [1.165, 1.54) is 11.8 Å². The highest BCUT2D eigenvalue weighted by atomic mass is 32.2. The molecular weight excluding hydrogens is 300 g/mol. The normalized spacial score (nSPS) is 14.0. The van der Waals surface area contributed by atoms with E-state index in [0.29, 0.717) is 23.8 Å². The maximum Gasteiger partial charge on any atom is 0.234 e. The number of nitrogens with one attached hydrogen (secondary N) is 1. The topological polar surface area (TPSA) is 58.6 Å². The number of thioether (sulfide) groups is 1. The Balaban J connectivity index is 1.74. The molecule has 1 aromatic carbocycles. The second-order valence-electron chi connectivity index (χ2n) is 5.06. The van der Waals surface area contributed by atoms with Gasteiger partial charge in [0, 0.05) is 13.1 Å². The number of hydrogen-bond donors (Lipinski definition) is 1. The molecule has 2 rings (SSSR count). The van der Waals surface area contributed by atoms with E-state index in [2.05, 4.69) is 5.32 Å². The maximum absolute atomic E-state index is 12.0. The SMILES string of the molecule is CCOc1ccccc1NC(=O)CSCC(=O)N1CCCC1. The average Bonchev–Trinajstić information content (AvgIpc) is 3.04. The number of hydrogen-bond acceptors (Lipinski definition) is 4. The molecule has 1 aromatic rings. The van der Waals surface area contributed by atoms with Gasteiger partial charge in [-0.2, -0.15) is 0 Å². The van der Waals surface area contributed by atoms with E-state index in [4.69, 9.17) is 4.74 Å². The van der Waals surface area contributed by atoms with Crippen LogP contribution in [0.2, 0.25) is 0 Å². The Morgan fingerprint density at radius 1 is 1.23 bits per heavy atom. The molecule has 22 heavy (non-hydrogen) atoms. The quantitative estimate of drug-likeness (QED) is 0.837. The van der Waals surface area contributed by atoms with Crippen molar-refractivity contribution in [3.05, 3.63) is 24.3 Å². The molecule has 0 spiro atoms. The number of nitrogens with zero attached hydrogens (tertiary/aromatic N) is 1. The summed E-state index contributed by atoms with van der Waals surface area (Å²) in [6, 6.07) is 7.35. The third-order valence-corrected chi connectivity index (χ3v) is 4.30. The van der Waals surface area contributed by atoms with Crippen LogP contribution in [0.15, 0.2) is 24.3 Å². The summed E-state index contributed by atoms with van der Waals surface area (Å²) >= 11 is 1.35. The molecule has 1 aliphatic heterocycles. The highest BCUT2D eigenvalue weighted by Crippen LogP contribution is 2.23. The molecule has 0 saturated carbocycles. The van der Waals surface area contributed by atoms with Gasteiger partial charge in [0.1, 0.15) is 5.75 Å². The molecule has 0 atom stereocenters. The van der Waals surface area contributed by atoms with Gasteiger partial charge >= 0.3 is 0 Å². The van der Waals surface area contributed by atoms with Crippen molar-refractivity contribution >= 4 is 29.3 Å². The van der Waals surface area contributed by atoms with Gasteiger partial charge in [-0.1, -0.05) is 12.1 Å². The molecule has 0 bridgehead atoms. The number of para-hydroxylation sites is 2. The van der Waals surface area contributed by atoms with Crippen LogP contribution in [-0.2, 0) is 9.59 Å². The number of benzene rings is 1. The molecule has 0 aliphatic carbocycles. The predicted molar refractivity (Wildman–Crippen MR) is 89.4 cm³/mol. The fourth-order valence-electron chi connectivity index (χ4n) is 2.33. The highest BCUT2D eigenvalue weighted by Gasteiger charge is 2.18. The minimum absolute atomic E-state index is 0.119. The highest BCUT2D eigenvalue weighted by molar-refractivity contribution is 8.00. The molecular formula is C16H22N2O3S. The van der Waals surface area contributed by atoms with Crippen molar-refractivity contribution in [2.24, 2.45) is 0 Å². The van der Waals surface area contributed by atoms with Crippen molar-refractivity contribution in [3.8, 4) is 5.75 Å². The largest absolute Gasteiger partial charge is 0.492 e. The molecule has 2 amide bonds. The van der Waals surface area contributed by atoms with E-state index in [-0.39, 0.29) is 17.6 Å². The molecule has 120 valence electrons. The molecule has 6 heteroatoms. The van der Waals surface area contributed by atoms with E-state index >= 15 is 0 Å². The first-order valence-electron chi connectivity index (χ1n) is 7.58. The molecule has 0 aromatic heterocycles. The molecule has 1 saturated heterocycles. The number of ether oxygens (including phenoxy) is 1. The van der Waals surface area contributed by atoms with Crippen molar-refractivity contribution in [2.45, 2.75) is 19.8 Å². The summed E-state index contributed by atoms with van der Waals surface area (Å²) in [6.45, 7) is 4.16. The summed E-state index contributed by atoms with van der Waals surface area (Å²) < 4.78 is 5.47. The Kier molecular flexibility index (Phi) is 6.58. The van der Waals surface area contributed by atoms with Crippen LogP contribution in [0, 0.1) is 0 Å². The van der Waals surface area contributed by atoms with Gasteiger partial charge in [0.15, 0.2) is 0 Å².